The average molecular weight is 259 g/mol. The van der Waals surface area contributed by atoms with Crippen molar-refractivity contribution in [3.8, 4) is 0 Å². The summed E-state index contributed by atoms with van der Waals surface area (Å²) in [5.74, 6) is -0.555. The highest BCUT2D eigenvalue weighted by Gasteiger charge is 2.11. The maximum atomic E-state index is 10.8. The fourth-order valence-corrected chi connectivity index (χ4v) is 1.29. The highest BCUT2D eigenvalue weighted by Crippen LogP contribution is 2.17. The van der Waals surface area contributed by atoms with Gasteiger partial charge in [0.25, 0.3) is 5.69 Å². The molecule has 0 heterocycles. The lowest BCUT2D eigenvalue weighted by Crippen LogP contribution is -2.29. The van der Waals surface area contributed by atoms with Crippen molar-refractivity contribution in [3.63, 3.8) is 0 Å². The summed E-state index contributed by atoms with van der Waals surface area (Å²) in [6.45, 7) is 0.0172. The van der Waals surface area contributed by atoms with Crippen LogP contribution in [0.1, 0.15) is 11.7 Å². The number of alkyl halides is 1. The van der Waals surface area contributed by atoms with Gasteiger partial charge in [-0.3, -0.25) is 14.9 Å². The van der Waals surface area contributed by atoms with E-state index in [0.717, 1.165) is 0 Å². The molecule has 0 aromatic heterocycles. The third kappa shape index (κ3) is 4.01. The summed E-state index contributed by atoms with van der Waals surface area (Å²) in [7, 11) is 0. The molecule has 0 aliphatic rings. The molecule has 0 fully saturated rings. The number of aliphatic hydroxyl groups excluding tert-OH is 1. The second-order valence-electron chi connectivity index (χ2n) is 3.30. The normalized spacial score (nSPS) is 11.9. The van der Waals surface area contributed by atoms with Crippen molar-refractivity contribution < 1.29 is 14.8 Å². The summed E-state index contributed by atoms with van der Waals surface area (Å²) >= 11 is 5.27. The first-order valence-corrected chi connectivity index (χ1v) is 5.33. The smallest absolute Gasteiger partial charge is 0.269 e. The Morgan fingerprint density at radius 3 is 2.53 bits per heavy atom. The number of carbonyl (C=O) groups excluding carboxylic acids is 1. The first-order valence-electron chi connectivity index (χ1n) is 4.79. The minimum absolute atomic E-state index is 0.0172. The van der Waals surface area contributed by atoms with E-state index in [1.54, 1.807) is 0 Å². The zero-order chi connectivity index (χ0) is 12.8. The molecular weight excluding hydrogens is 248 g/mol. The van der Waals surface area contributed by atoms with E-state index in [4.69, 9.17) is 11.6 Å². The fourth-order valence-electron chi connectivity index (χ4n) is 1.19. The van der Waals surface area contributed by atoms with Gasteiger partial charge in [-0.2, -0.15) is 0 Å². The van der Waals surface area contributed by atoms with Crippen LogP contribution in [0.4, 0.5) is 5.69 Å². The van der Waals surface area contributed by atoms with E-state index in [2.05, 4.69) is 5.32 Å². The van der Waals surface area contributed by atoms with Crippen molar-refractivity contribution in [2.75, 3.05) is 12.4 Å². The van der Waals surface area contributed by atoms with Crippen molar-refractivity contribution in [1.29, 1.82) is 0 Å². The van der Waals surface area contributed by atoms with Crippen LogP contribution >= 0.6 is 11.6 Å². The van der Waals surface area contributed by atoms with Gasteiger partial charge in [0.1, 0.15) is 5.88 Å². The summed E-state index contributed by atoms with van der Waals surface area (Å²) in [6, 6.07) is 5.47. The van der Waals surface area contributed by atoms with Gasteiger partial charge in [-0.15, -0.1) is 11.6 Å². The van der Waals surface area contributed by atoms with Crippen molar-refractivity contribution in [2.45, 2.75) is 6.10 Å². The predicted octanol–water partition coefficient (Wildman–Crippen LogP) is 0.983. The lowest BCUT2D eigenvalue weighted by molar-refractivity contribution is -0.384. The van der Waals surface area contributed by atoms with Crippen LogP contribution < -0.4 is 5.32 Å². The number of nitrogens with zero attached hydrogens (tertiary/aromatic N) is 1. The quantitative estimate of drug-likeness (QED) is 0.468. The lowest BCUT2D eigenvalue weighted by atomic mass is 10.1. The largest absolute Gasteiger partial charge is 0.387 e. The number of amides is 1. The maximum Gasteiger partial charge on any atom is 0.269 e. The van der Waals surface area contributed by atoms with E-state index in [0.29, 0.717) is 5.56 Å². The molecule has 1 amide bonds. The van der Waals surface area contributed by atoms with Gasteiger partial charge in [-0.05, 0) is 17.7 Å². The number of halogens is 1. The predicted molar refractivity (Wildman–Crippen MR) is 61.8 cm³/mol. The number of hydrogen-bond acceptors (Lipinski definition) is 4. The number of aliphatic hydroxyl groups is 1. The molecule has 1 unspecified atom stereocenters. The molecule has 0 saturated carbocycles. The molecule has 0 saturated heterocycles. The van der Waals surface area contributed by atoms with E-state index in [1.165, 1.54) is 24.3 Å². The average Bonchev–Trinajstić information content (AvgIpc) is 2.35. The fraction of sp³-hybridized carbons (Fsp3) is 0.300. The Bertz CT molecular complexity index is 407. The Labute approximate surface area is 102 Å². The molecule has 0 radical (unpaired) electrons. The molecule has 0 spiro atoms. The minimum atomic E-state index is -0.914. The van der Waals surface area contributed by atoms with Gasteiger partial charge < -0.3 is 10.4 Å². The molecular formula is C10H11ClN2O4. The topological polar surface area (TPSA) is 92.5 Å². The van der Waals surface area contributed by atoms with Gasteiger partial charge >= 0.3 is 0 Å². The van der Waals surface area contributed by atoms with E-state index in [-0.39, 0.29) is 24.0 Å². The summed E-state index contributed by atoms with van der Waals surface area (Å²) in [5, 5.41) is 22.5. The van der Waals surface area contributed by atoms with Crippen molar-refractivity contribution in [2.24, 2.45) is 0 Å². The summed E-state index contributed by atoms with van der Waals surface area (Å²) in [5.41, 5.74) is 0.441. The van der Waals surface area contributed by atoms with Crippen molar-refractivity contribution >= 4 is 23.2 Å². The van der Waals surface area contributed by atoms with E-state index < -0.39 is 11.0 Å². The van der Waals surface area contributed by atoms with Gasteiger partial charge in [0.15, 0.2) is 0 Å². The van der Waals surface area contributed by atoms with Crippen LogP contribution in [0.2, 0.25) is 0 Å². The van der Waals surface area contributed by atoms with E-state index in [9.17, 15) is 20.0 Å². The molecule has 6 nitrogen and oxygen atoms in total. The lowest BCUT2D eigenvalue weighted by Gasteiger charge is -2.11. The highest BCUT2D eigenvalue weighted by molar-refractivity contribution is 6.27. The van der Waals surface area contributed by atoms with Gasteiger partial charge in [0, 0.05) is 18.7 Å². The molecule has 1 aromatic carbocycles. The van der Waals surface area contributed by atoms with Crippen LogP contribution in [0.15, 0.2) is 24.3 Å². The van der Waals surface area contributed by atoms with Gasteiger partial charge in [-0.25, -0.2) is 0 Å². The minimum Gasteiger partial charge on any atom is -0.387 e. The Morgan fingerprint density at radius 2 is 2.06 bits per heavy atom. The van der Waals surface area contributed by atoms with Crippen LogP contribution in [0, 0.1) is 10.1 Å². The third-order valence-corrected chi connectivity index (χ3v) is 2.35. The molecule has 17 heavy (non-hydrogen) atoms. The zero-order valence-electron chi connectivity index (χ0n) is 8.80. The standard InChI is InChI=1S/C10H11ClN2O4/c11-5-10(15)12-6-9(14)7-1-3-8(4-2-7)13(16)17/h1-4,9,14H,5-6H2,(H,12,15). The number of non-ortho nitro benzene ring substituents is 1. The number of nitro groups is 1. The van der Waals surface area contributed by atoms with Crippen molar-refractivity contribution in [3.05, 3.63) is 39.9 Å². The molecule has 2 N–H and O–H groups in total. The summed E-state index contributed by atoms with van der Waals surface area (Å²) < 4.78 is 0. The molecule has 0 bridgehead atoms. The summed E-state index contributed by atoms with van der Waals surface area (Å²) in [4.78, 5) is 20.7. The molecule has 1 rings (SSSR count). The second-order valence-corrected chi connectivity index (χ2v) is 3.57. The number of hydrogen-bond donors (Lipinski definition) is 2. The Balaban J connectivity index is 2.60. The molecule has 7 heteroatoms. The first kappa shape index (κ1) is 13.4. The van der Waals surface area contributed by atoms with Crippen LogP contribution in [0.3, 0.4) is 0 Å². The SMILES string of the molecule is O=C(CCl)NCC(O)c1ccc([N+](=O)[O-])cc1. The number of carbonyl (C=O) groups is 1. The molecule has 1 aromatic rings. The third-order valence-electron chi connectivity index (χ3n) is 2.10. The molecule has 0 aliphatic carbocycles. The number of nitrogens with one attached hydrogen (secondary N) is 1. The monoisotopic (exact) mass is 258 g/mol. The zero-order valence-corrected chi connectivity index (χ0v) is 9.55. The van der Waals surface area contributed by atoms with Crippen LogP contribution in [0.5, 0.6) is 0 Å². The van der Waals surface area contributed by atoms with Crippen LogP contribution in [0.25, 0.3) is 0 Å². The van der Waals surface area contributed by atoms with E-state index >= 15 is 0 Å². The molecule has 92 valence electrons. The Kier molecular flexibility index (Phi) is 4.86. The summed E-state index contributed by atoms with van der Waals surface area (Å²) in [6.07, 6.45) is -0.914. The highest BCUT2D eigenvalue weighted by atomic mass is 35.5. The number of nitro benzene ring substituents is 1. The van der Waals surface area contributed by atoms with Crippen LogP contribution in [-0.2, 0) is 4.79 Å². The Hall–Kier alpha value is -1.66. The molecule has 0 aliphatic heterocycles. The van der Waals surface area contributed by atoms with Crippen LogP contribution in [-0.4, -0.2) is 28.4 Å². The van der Waals surface area contributed by atoms with Gasteiger partial charge in [0.2, 0.25) is 5.91 Å². The Morgan fingerprint density at radius 1 is 1.47 bits per heavy atom. The first-order chi connectivity index (χ1) is 8.04. The maximum absolute atomic E-state index is 10.8. The number of benzene rings is 1. The van der Waals surface area contributed by atoms with Gasteiger partial charge in [0.05, 0.1) is 11.0 Å². The van der Waals surface area contributed by atoms with Crippen molar-refractivity contribution in [1.82, 2.24) is 5.32 Å². The number of rotatable bonds is 5. The second kappa shape index (κ2) is 6.17. The molecule has 1 atom stereocenters. The van der Waals surface area contributed by atoms with E-state index in [1.807, 2.05) is 0 Å². The van der Waals surface area contributed by atoms with Gasteiger partial charge in [-0.1, -0.05) is 0 Å².